The molecule has 4 aromatic carbocycles. The molecule has 0 spiro atoms. The summed E-state index contributed by atoms with van der Waals surface area (Å²) in [6.45, 7) is 0. The van der Waals surface area contributed by atoms with E-state index in [1.165, 1.54) is 12.1 Å². The van der Waals surface area contributed by atoms with Crippen LogP contribution in [0.3, 0.4) is 0 Å². The van der Waals surface area contributed by atoms with Crippen LogP contribution in [0.15, 0.2) is 164 Å². The van der Waals surface area contributed by atoms with Gasteiger partial charge in [0.15, 0.2) is 0 Å². The van der Waals surface area contributed by atoms with Gasteiger partial charge in [0.2, 0.25) is 0 Å². The van der Waals surface area contributed by atoms with Crippen molar-refractivity contribution < 1.29 is 8.83 Å². The van der Waals surface area contributed by atoms with E-state index in [0.717, 1.165) is 33.4 Å². The smallest absolute Gasteiger partial charge is 0.336 e. The average Bonchev–Trinajstić information content (AvgIpc) is 2.99. The van der Waals surface area contributed by atoms with Crippen molar-refractivity contribution in [3.63, 3.8) is 0 Å². The Morgan fingerprint density at radius 1 is 0.316 bits per heavy atom. The third-order valence-electron chi connectivity index (χ3n) is 5.87. The maximum Gasteiger partial charge on any atom is 0.336 e. The van der Waals surface area contributed by atoms with E-state index in [9.17, 15) is 9.59 Å². The summed E-state index contributed by atoms with van der Waals surface area (Å²) in [5.41, 5.74) is 4.89. The summed E-state index contributed by atoms with van der Waals surface area (Å²) in [5.74, 6) is 1.18. The molecule has 2 aromatic heterocycles. The quantitative estimate of drug-likeness (QED) is 0.248. The molecule has 0 bridgehead atoms. The van der Waals surface area contributed by atoms with Crippen LogP contribution >= 0.6 is 0 Å². The zero-order valence-electron chi connectivity index (χ0n) is 20.5. The Balaban J connectivity index is 0.000000155. The van der Waals surface area contributed by atoms with Crippen LogP contribution < -0.4 is 11.3 Å². The van der Waals surface area contributed by atoms with Crippen molar-refractivity contribution in [1.82, 2.24) is 0 Å². The Kier molecular flexibility index (Phi) is 7.52. The molecule has 0 aliphatic rings. The highest BCUT2D eigenvalue weighted by Crippen LogP contribution is 2.25. The Hall–Kier alpha value is -5.22. The molecule has 4 nitrogen and oxygen atoms in total. The molecule has 0 saturated heterocycles. The first-order valence-corrected chi connectivity index (χ1v) is 12.2. The molecule has 0 atom stereocenters. The first kappa shape index (κ1) is 24.5. The molecule has 38 heavy (non-hydrogen) atoms. The number of hydrogen-bond donors (Lipinski definition) is 0. The molecule has 6 rings (SSSR count). The van der Waals surface area contributed by atoms with E-state index in [-0.39, 0.29) is 11.3 Å². The molecule has 0 unspecified atom stereocenters. The molecule has 4 heteroatoms. The van der Waals surface area contributed by atoms with Gasteiger partial charge in [-0.2, -0.15) is 0 Å². The average molecular weight is 497 g/mol. The highest BCUT2D eigenvalue weighted by atomic mass is 16.4. The van der Waals surface area contributed by atoms with Crippen molar-refractivity contribution in [2.24, 2.45) is 0 Å². The highest BCUT2D eigenvalue weighted by Gasteiger charge is 2.07. The topological polar surface area (TPSA) is 60.4 Å². The monoisotopic (exact) mass is 496 g/mol. The normalized spacial score (nSPS) is 10.3. The van der Waals surface area contributed by atoms with Crippen LogP contribution in [0.25, 0.3) is 44.9 Å². The van der Waals surface area contributed by atoms with E-state index in [1.807, 2.05) is 133 Å². The summed E-state index contributed by atoms with van der Waals surface area (Å²) in [6, 6.07) is 45.7. The second kappa shape index (κ2) is 11.7. The fourth-order valence-corrected chi connectivity index (χ4v) is 4.04. The minimum atomic E-state index is -0.333. The molecule has 0 radical (unpaired) electrons. The number of rotatable bonds is 4. The van der Waals surface area contributed by atoms with E-state index < -0.39 is 0 Å². The summed E-state index contributed by atoms with van der Waals surface area (Å²) >= 11 is 0. The Bertz CT molecular complexity index is 1470. The lowest BCUT2D eigenvalue weighted by Crippen LogP contribution is -1.98. The number of hydrogen-bond acceptors (Lipinski definition) is 4. The zero-order valence-corrected chi connectivity index (χ0v) is 20.5. The van der Waals surface area contributed by atoms with Crippen LogP contribution in [0, 0.1) is 0 Å². The van der Waals surface area contributed by atoms with Crippen LogP contribution in [0.5, 0.6) is 0 Å². The van der Waals surface area contributed by atoms with E-state index in [0.29, 0.717) is 11.5 Å². The number of benzene rings is 4. The second-order valence-electron chi connectivity index (χ2n) is 8.52. The maximum atomic E-state index is 11.7. The van der Waals surface area contributed by atoms with Gasteiger partial charge in [-0.05, 0) is 34.4 Å². The molecule has 0 fully saturated rings. The highest BCUT2D eigenvalue weighted by molar-refractivity contribution is 5.70. The molecule has 0 aliphatic carbocycles. The van der Waals surface area contributed by atoms with E-state index in [4.69, 9.17) is 8.83 Å². The SMILES string of the molecule is O=c1cc(-c2ccccc2)cc(-c2ccccc2)o1.O=c1cc(-c2ccccc2)cc(-c2ccccc2)o1. The van der Waals surface area contributed by atoms with E-state index >= 15 is 0 Å². The standard InChI is InChI=1S/2C17H12O2/c2*18-17-12-15(13-7-3-1-4-8-13)11-16(19-17)14-9-5-2-6-10-14/h2*1-12H. The van der Waals surface area contributed by atoms with Crippen molar-refractivity contribution in [3.05, 3.63) is 166 Å². The minimum Gasteiger partial charge on any atom is -0.423 e. The molecule has 0 N–H and O–H groups in total. The van der Waals surface area contributed by atoms with Crippen LogP contribution in [0.1, 0.15) is 0 Å². The van der Waals surface area contributed by atoms with Gasteiger partial charge in [-0.1, -0.05) is 121 Å². The lowest BCUT2D eigenvalue weighted by Gasteiger charge is -2.04. The largest absolute Gasteiger partial charge is 0.423 e. The van der Waals surface area contributed by atoms with Gasteiger partial charge in [0.1, 0.15) is 11.5 Å². The summed E-state index contributed by atoms with van der Waals surface area (Å²) in [4.78, 5) is 23.4. The van der Waals surface area contributed by atoms with Crippen LogP contribution in [-0.4, -0.2) is 0 Å². The summed E-state index contributed by atoms with van der Waals surface area (Å²) in [6.07, 6.45) is 0. The Morgan fingerprint density at radius 3 is 0.921 bits per heavy atom. The summed E-state index contributed by atoms with van der Waals surface area (Å²) < 4.78 is 10.5. The minimum absolute atomic E-state index is 0.333. The van der Waals surface area contributed by atoms with Gasteiger partial charge in [0.25, 0.3) is 0 Å². The fourth-order valence-electron chi connectivity index (χ4n) is 4.04. The molecule has 0 amide bonds. The molecule has 0 aliphatic heterocycles. The summed E-state index contributed by atoms with van der Waals surface area (Å²) in [5, 5.41) is 0. The van der Waals surface area contributed by atoms with Crippen molar-refractivity contribution in [3.8, 4) is 44.9 Å². The lowest BCUT2D eigenvalue weighted by molar-refractivity contribution is 0.526. The van der Waals surface area contributed by atoms with Gasteiger partial charge in [0, 0.05) is 23.3 Å². The maximum absolute atomic E-state index is 11.7. The molecular formula is C34H24O4. The van der Waals surface area contributed by atoms with Crippen molar-refractivity contribution >= 4 is 0 Å². The third kappa shape index (κ3) is 6.12. The van der Waals surface area contributed by atoms with Crippen molar-refractivity contribution in [1.29, 1.82) is 0 Å². The van der Waals surface area contributed by atoms with Crippen LogP contribution in [-0.2, 0) is 0 Å². The molecule has 6 aromatic rings. The first-order chi connectivity index (χ1) is 18.7. The van der Waals surface area contributed by atoms with Gasteiger partial charge in [-0.25, -0.2) is 9.59 Å². The predicted molar refractivity (Wildman–Crippen MR) is 152 cm³/mol. The molecule has 0 saturated carbocycles. The van der Waals surface area contributed by atoms with Gasteiger partial charge < -0.3 is 8.83 Å². The van der Waals surface area contributed by atoms with E-state index in [1.54, 1.807) is 0 Å². The van der Waals surface area contributed by atoms with Crippen LogP contribution in [0.4, 0.5) is 0 Å². The van der Waals surface area contributed by atoms with E-state index in [2.05, 4.69) is 0 Å². The first-order valence-electron chi connectivity index (χ1n) is 12.2. The third-order valence-corrected chi connectivity index (χ3v) is 5.87. The zero-order chi connectivity index (χ0) is 26.2. The molecule has 2 heterocycles. The van der Waals surface area contributed by atoms with Gasteiger partial charge in [0.05, 0.1) is 0 Å². The Morgan fingerprint density at radius 2 is 0.605 bits per heavy atom. The molecule has 184 valence electrons. The van der Waals surface area contributed by atoms with Crippen molar-refractivity contribution in [2.45, 2.75) is 0 Å². The summed E-state index contributed by atoms with van der Waals surface area (Å²) in [7, 11) is 0. The predicted octanol–water partition coefficient (Wildman–Crippen LogP) is 7.95. The van der Waals surface area contributed by atoms with Crippen LogP contribution in [0.2, 0.25) is 0 Å². The van der Waals surface area contributed by atoms with Gasteiger partial charge in [-0.3, -0.25) is 0 Å². The fraction of sp³-hybridized carbons (Fsp3) is 0. The van der Waals surface area contributed by atoms with Gasteiger partial charge in [-0.15, -0.1) is 0 Å². The Labute approximate surface area is 220 Å². The van der Waals surface area contributed by atoms with Crippen molar-refractivity contribution in [2.75, 3.05) is 0 Å². The second-order valence-corrected chi connectivity index (χ2v) is 8.52. The lowest BCUT2D eigenvalue weighted by atomic mass is 10.0. The van der Waals surface area contributed by atoms with Gasteiger partial charge >= 0.3 is 11.3 Å². The molecular weight excluding hydrogens is 472 g/mol.